The molecule has 0 saturated carbocycles. The third kappa shape index (κ3) is 3.37. The standard InChI is InChI=1S/C13H19N3S2/c1-8(2)5-14-6-12-16-11(7-17-12)13-9(3)15-10(4)18-13/h7-8,14H,5-6H2,1-4H3. The van der Waals surface area contributed by atoms with E-state index in [0.717, 1.165) is 34.5 Å². The van der Waals surface area contributed by atoms with Crippen LogP contribution in [-0.2, 0) is 6.54 Å². The second kappa shape index (κ2) is 5.91. The van der Waals surface area contributed by atoms with E-state index in [2.05, 4.69) is 41.4 Å². The number of hydrogen-bond acceptors (Lipinski definition) is 5. The van der Waals surface area contributed by atoms with Crippen molar-refractivity contribution in [1.82, 2.24) is 15.3 Å². The fraction of sp³-hybridized carbons (Fsp3) is 0.538. The van der Waals surface area contributed by atoms with E-state index in [1.807, 2.05) is 6.92 Å². The second-order valence-electron chi connectivity index (χ2n) is 4.80. The third-order valence-electron chi connectivity index (χ3n) is 2.52. The number of aryl methyl sites for hydroxylation is 2. The Morgan fingerprint density at radius 2 is 2.06 bits per heavy atom. The van der Waals surface area contributed by atoms with Crippen LogP contribution < -0.4 is 5.32 Å². The van der Waals surface area contributed by atoms with Gasteiger partial charge in [0.05, 0.1) is 21.3 Å². The zero-order valence-corrected chi connectivity index (χ0v) is 12.9. The molecule has 98 valence electrons. The van der Waals surface area contributed by atoms with Gasteiger partial charge in [-0.3, -0.25) is 0 Å². The maximum atomic E-state index is 4.68. The van der Waals surface area contributed by atoms with E-state index >= 15 is 0 Å². The van der Waals surface area contributed by atoms with Crippen LogP contribution in [0.2, 0.25) is 0 Å². The van der Waals surface area contributed by atoms with Gasteiger partial charge in [-0.1, -0.05) is 13.8 Å². The van der Waals surface area contributed by atoms with Crippen molar-refractivity contribution in [3.63, 3.8) is 0 Å². The molecule has 0 fully saturated rings. The number of rotatable bonds is 5. The zero-order valence-electron chi connectivity index (χ0n) is 11.3. The summed E-state index contributed by atoms with van der Waals surface area (Å²) in [5, 5.41) is 7.81. The molecule has 0 aliphatic rings. The molecule has 0 aromatic carbocycles. The van der Waals surface area contributed by atoms with Crippen molar-refractivity contribution in [3.05, 3.63) is 21.1 Å². The Hall–Kier alpha value is -0.780. The maximum absolute atomic E-state index is 4.68. The van der Waals surface area contributed by atoms with Gasteiger partial charge in [0, 0.05) is 11.9 Å². The van der Waals surface area contributed by atoms with E-state index in [1.165, 1.54) is 4.88 Å². The molecule has 2 aromatic rings. The molecule has 18 heavy (non-hydrogen) atoms. The Balaban J connectivity index is 2.04. The molecule has 0 radical (unpaired) electrons. The van der Waals surface area contributed by atoms with Gasteiger partial charge < -0.3 is 5.32 Å². The summed E-state index contributed by atoms with van der Waals surface area (Å²) in [6.07, 6.45) is 0. The summed E-state index contributed by atoms with van der Waals surface area (Å²) >= 11 is 3.44. The van der Waals surface area contributed by atoms with Crippen LogP contribution in [-0.4, -0.2) is 16.5 Å². The van der Waals surface area contributed by atoms with Crippen molar-refractivity contribution in [2.45, 2.75) is 34.2 Å². The normalized spacial score (nSPS) is 11.4. The van der Waals surface area contributed by atoms with Crippen molar-refractivity contribution in [2.75, 3.05) is 6.54 Å². The third-order valence-corrected chi connectivity index (χ3v) is 4.46. The molecule has 5 heteroatoms. The van der Waals surface area contributed by atoms with Crippen LogP contribution in [0.3, 0.4) is 0 Å². The van der Waals surface area contributed by atoms with Gasteiger partial charge >= 0.3 is 0 Å². The van der Waals surface area contributed by atoms with E-state index in [4.69, 9.17) is 0 Å². The first-order valence-electron chi connectivity index (χ1n) is 6.15. The molecule has 0 amide bonds. The van der Waals surface area contributed by atoms with Gasteiger partial charge in [0.1, 0.15) is 5.01 Å². The first-order chi connectivity index (χ1) is 8.56. The highest BCUT2D eigenvalue weighted by Crippen LogP contribution is 2.30. The van der Waals surface area contributed by atoms with Crippen molar-refractivity contribution < 1.29 is 0 Å². The minimum atomic E-state index is 0.677. The average Bonchev–Trinajstić information content (AvgIpc) is 2.85. The minimum absolute atomic E-state index is 0.677. The lowest BCUT2D eigenvalue weighted by atomic mass is 10.2. The Kier molecular flexibility index (Phi) is 4.48. The molecule has 2 rings (SSSR count). The predicted octanol–water partition coefficient (Wildman–Crippen LogP) is 3.63. The topological polar surface area (TPSA) is 37.8 Å². The van der Waals surface area contributed by atoms with Crippen LogP contribution in [0.25, 0.3) is 10.6 Å². The SMILES string of the molecule is Cc1nc(C)c(-c2csc(CNCC(C)C)n2)s1. The lowest BCUT2D eigenvalue weighted by Crippen LogP contribution is -2.18. The molecule has 0 aliphatic carbocycles. The Bertz CT molecular complexity index is 514. The summed E-state index contributed by atoms with van der Waals surface area (Å²) in [6.45, 7) is 10.4. The van der Waals surface area contributed by atoms with Crippen molar-refractivity contribution in [3.8, 4) is 10.6 Å². The first-order valence-corrected chi connectivity index (χ1v) is 7.85. The molecule has 0 saturated heterocycles. The van der Waals surface area contributed by atoms with Crippen LogP contribution in [0.1, 0.15) is 29.6 Å². The van der Waals surface area contributed by atoms with Crippen molar-refractivity contribution >= 4 is 22.7 Å². The Labute approximate surface area is 116 Å². The zero-order chi connectivity index (χ0) is 13.1. The molecule has 0 atom stereocenters. The van der Waals surface area contributed by atoms with E-state index in [0.29, 0.717) is 5.92 Å². The number of thiazole rings is 2. The lowest BCUT2D eigenvalue weighted by Gasteiger charge is -2.04. The van der Waals surface area contributed by atoms with Crippen LogP contribution in [0.4, 0.5) is 0 Å². The smallest absolute Gasteiger partial charge is 0.107 e. The van der Waals surface area contributed by atoms with Crippen molar-refractivity contribution in [1.29, 1.82) is 0 Å². The minimum Gasteiger partial charge on any atom is -0.310 e. The maximum Gasteiger partial charge on any atom is 0.107 e. The first kappa shape index (κ1) is 13.6. The predicted molar refractivity (Wildman–Crippen MR) is 79.2 cm³/mol. The Morgan fingerprint density at radius 3 is 2.67 bits per heavy atom. The molecule has 0 spiro atoms. The molecule has 0 unspecified atom stereocenters. The van der Waals surface area contributed by atoms with Gasteiger partial charge in [0.15, 0.2) is 0 Å². The van der Waals surface area contributed by atoms with Gasteiger partial charge in [0.2, 0.25) is 0 Å². The molecule has 2 heterocycles. The van der Waals surface area contributed by atoms with Gasteiger partial charge in [-0.2, -0.15) is 0 Å². The van der Waals surface area contributed by atoms with Crippen LogP contribution >= 0.6 is 22.7 Å². The molecular formula is C13H19N3S2. The quantitative estimate of drug-likeness (QED) is 0.909. The largest absolute Gasteiger partial charge is 0.310 e. The van der Waals surface area contributed by atoms with Gasteiger partial charge in [-0.25, -0.2) is 9.97 Å². The lowest BCUT2D eigenvalue weighted by molar-refractivity contribution is 0.551. The van der Waals surface area contributed by atoms with E-state index < -0.39 is 0 Å². The highest BCUT2D eigenvalue weighted by molar-refractivity contribution is 7.15. The molecule has 0 bridgehead atoms. The number of hydrogen-bond donors (Lipinski definition) is 1. The van der Waals surface area contributed by atoms with Gasteiger partial charge in [-0.05, 0) is 26.3 Å². The number of aromatic nitrogens is 2. The summed E-state index contributed by atoms with van der Waals surface area (Å²) in [4.78, 5) is 10.3. The van der Waals surface area contributed by atoms with Gasteiger partial charge in [-0.15, -0.1) is 22.7 Å². The van der Waals surface area contributed by atoms with E-state index in [-0.39, 0.29) is 0 Å². The molecule has 0 aliphatic heterocycles. The fourth-order valence-corrected chi connectivity index (χ4v) is 3.44. The second-order valence-corrected chi connectivity index (χ2v) is 6.94. The summed E-state index contributed by atoms with van der Waals surface area (Å²) in [7, 11) is 0. The van der Waals surface area contributed by atoms with E-state index in [9.17, 15) is 0 Å². The average molecular weight is 281 g/mol. The van der Waals surface area contributed by atoms with Crippen LogP contribution in [0, 0.1) is 19.8 Å². The van der Waals surface area contributed by atoms with Crippen molar-refractivity contribution in [2.24, 2.45) is 5.92 Å². The number of nitrogens with one attached hydrogen (secondary N) is 1. The highest BCUT2D eigenvalue weighted by atomic mass is 32.1. The Morgan fingerprint density at radius 1 is 1.28 bits per heavy atom. The van der Waals surface area contributed by atoms with Gasteiger partial charge in [0.25, 0.3) is 0 Å². The molecule has 1 N–H and O–H groups in total. The molecule has 3 nitrogen and oxygen atoms in total. The summed E-state index contributed by atoms with van der Waals surface area (Å²) in [5.41, 5.74) is 2.16. The molecular weight excluding hydrogens is 262 g/mol. The van der Waals surface area contributed by atoms with E-state index in [1.54, 1.807) is 22.7 Å². The van der Waals surface area contributed by atoms with Crippen LogP contribution in [0.15, 0.2) is 5.38 Å². The molecule has 2 aromatic heterocycles. The summed E-state index contributed by atoms with van der Waals surface area (Å²) in [5.74, 6) is 0.677. The fourth-order valence-electron chi connectivity index (χ4n) is 1.73. The number of nitrogens with zero attached hydrogens (tertiary/aromatic N) is 2. The highest BCUT2D eigenvalue weighted by Gasteiger charge is 2.11. The van der Waals surface area contributed by atoms with Crippen LogP contribution in [0.5, 0.6) is 0 Å². The summed E-state index contributed by atoms with van der Waals surface area (Å²) < 4.78 is 0. The monoisotopic (exact) mass is 281 g/mol. The summed E-state index contributed by atoms with van der Waals surface area (Å²) in [6, 6.07) is 0.